The Hall–Kier alpha value is -2.76. The highest BCUT2D eigenvalue weighted by Gasteiger charge is 2.36. The summed E-state index contributed by atoms with van der Waals surface area (Å²) in [6.45, 7) is 1.40. The summed E-state index contributed by atoms with van der Waals surface area (Å²) in [6, 6.07) is 7.94. The van der Waals surface area contributed by atoms with Crippen LogP contribution in [0.1, 0.15) is 42.5 Å². The van der Waals surface area contributed by atoms with Crippen molar-refractivity contribution in [2.75, 3.05) is 20.1 Å². The third-order valence-electron chi connectivity index (χ3n) is 5.91. The van der Waals surface area contributed by atoms with Crippen molar-refractivity contribution < 1.29 is 9.59 Å². The normalized spacial score (nSPS) is 20.0. The topological polar surface area (TPSA) is 66.4 Å². The van der Waals surface area contributed by atoms with Crippen LogP contribution in [0.2, 0.25) is 0 Å². The van der Waals surface area contributed by atoms with Crippen molar-refractivity contribution in [1.82, 2.24) is 19.8 Å². The number of rotatable bonds is 5. The van der Waals surface area contributed by atoms with Crippen molar-refractivity contribution in [2.45, 2.75) is 38.1 Å². The van der Waals surface area contributed by atoms with E-state index in [4.69, 9.17) is 0 Å². The largest absolute Gasteiger partial charge is 0.341 e. The molecule has 1 saturated carbocycles. The van der Waals surface area contributed by atoms with E-state index in [1.807, 2.05) is 31.3 Å². The molecule has 2 amide bonds. The predicted octanol–water partition coefficient (Wildman–Crippen LogP) is 3.01. The molecule has 6 nitrogen and oxygen atoms in total. The summed E-state index contributed by atoms with van der Waals surface area (Å²) < 4.78 is 0. The van der Waals surface area contributed by atoms with Crippen LogP contribution in [0.4, 0.5) is 0 Å². The van der Waals surface area contributed by atoms with Crippen LogP contribution in [0, 0.1) is 5.92 Å². The molecular formula is C22H26N4O2. The summed E-state index contributed by atoms with van der Waals surface area (Å²) in [7, 11) is 1.82. The molecule has 1 aliphatic heterocycles. The number of benzene rings is 1. The van der Waals surface area contributed by atoms with Crippen LogP contribution in [-0.2, 0) is 4.79 Å². The summed E-state index contributed by atoms with van der Waals surface area (Å²) in [5.74, 6) is 0.470. The maximum atomic E-state index is 12.8. The van der Waals surface area contributed by atoms with E-state index in [9.17, 15) is 9.59 Å². The smallest absolute Gasteiger partial charge is 0.253 e. The number of hydrogen-bond donors (Lipinski definition) is 0. The summed E-state index contributed by atoms with van der Waals surface area (Å²) in [6.07, 6.45) is 10.3. The minimum Gasteiger partial charge on any atom is -0.341 e. The molecule has 0 spiro atoms. The maximum absolute atomic E-state index is 12.8. The van der Waals surface area contributed by atoms with Gasteiger partial charge >= 0.3 is 0 Å². The number of aromatic nitrogens is 2. The zero-order chi connectivity index (χ0) is 19.5. The molecule has 146 valence electrons. The lowest BCUT2D eigenvalue weighted by atomic mass is 10.1. The van der Waals surface area contributed by atoms with E-state index in [0.29, 0.717) is 24.6 Å². The number of carbonyl (C=O) groups excluding carboxylic acids is 2. The van der Waals surface area contributed by atoms with Crippen molar-refractivity contribution in [3.8, 4) is 11.1 Å². The van der Waals surface area contributed by atoms with Crippen molar-refractivity contribution in [2.24, 2.45) is 5.92 Å². The molecule has 2 aliphatic rings. The Bertz CT molecular complexity index is 831. The van der Waals surface area contributed by atoms with E-state index in [2.05, 4.69) is 14.9 Å². The second kappa shape index (κ2) is 8.09. The third-order valence-corrected chi connectivity index (χ3v) is 5.91. The van der Waals surface area contributed by atoms with E-state index < -0.39 is 0 Å². The second-order valence-corrected chi connectivity index (χ2v) is 7.94. The lowest BCUT2D eigenvalue weighted by Gasteiger charge is -2.25. The molecule has 2 aromatic rings. The zero-order valence-corrected chi connectivity index (χ0v) is 16.3. The molecule has 0 N–H and O–H groups in total. The molecule has 28 heavy (non-hydrogen) atoms. The Labute approximate surface area is 165 Å². The fourth-order valence-corrected chi connectivity index (χ4v) is 4.44. The molecular weight excluding hydrogens is 352 g/mol. The van der Waals surface area contributed by atoms with E-state index in [1.54, 1.807) is 17.3 Å². The van der Waals surface area contributed by atoms with Gasteiger partial charge in [-0.3, -0.25) is 9.59 Å². The Morgan fingerprint density at radius 2 is 1.79 bits per heavy atom. The summed E-state index contributed by atoms with van der Waals surface area (Å²) in [5, 5.41) is 0. The maximum Gasteiger partial charge on any atom is 0.253 e. The molecule has 1 saturated heterocycles. The highest BCUT2D eigenvalue weighted by Crippen LogP contribution is 2.30. The Morgan fingerprint density at radius 3 is 2.46 bits per heavy atom. The van der Waals surface area contributed by atoms with Crippen molar-refractivity contribution >= 4 is 11.8 Å². The van der Waals surface area contributed by atoms with Crippen LogP contribution in [0.3, 0.4) is 0 Å². The Balaban J connectivity index is 1.36. The van der Waals surface area contributed by atoms with Gasteiger partial charge < -0.3 is 9.80 Å². The molecule has 2 fully saturated rings. The first-order chi connectivity index (χ1) is 13.6. The van der Waals surface area contributed by atoms with Gasteiger partial charge in [-0.15, -0.1) is 0 Å². The van der Waals surface area contributed by atoms with Gasteiger partial charge in [0.05, 0.1) is 0 Å². The Kier molecular flexibility index (Phi) is 5.37. The highest BCUT2D eigenvalue weighted by molar-refractivity contribution is 5.94. The van der Waals surface area contributed by atoms with Gasteiger partial charge in [0.2, 0.25) is 5.91 Å². The van der Waals surface area contributed by atoms with Gasteiger partial charge in [-0.25, -0.2) is 9.97 Å². The van der Waals surface area contributed by atoms with Gasteiger partial charge in [0.15, 0.2) is 0 Å². The van der Waals surface area contributed by atoms with Gasteiger partial charge in [-0.1, -0.05) is 25.0 Å². The molecule has 1 aliphatic carbocycles. The van der Waals surface area contributed by atoms with Gasteiger partial charge in [-0.05, 0) is 30.5 Å². The first-order valence-electron chi connectivity index (χ1n) is 10.0. The van der Waals surface area contributed by atoms with Crippen LogP contribution in [0.5, 0.6) is 0 Å². The first kappa shape index (κ1) is 18.6. The quantitative estimate of drug-likeness (QED) is 0.802. The summed E-state index contributed by atoms with van der Waals surface area (Å²) in [5.41, 5.74) is 2.56. The molecule has 0 radical (unpaired) electrons. The predicted molar refractivity (Wildman–Crippen MR) is 107 cm³/mol. The van der Waals surface area contributed by atoms with Crippen LogP contribution >= 0.6 is 0 Å². The van der Waals surface area contributed by atoms with Gasteiger partial charge in [0, 0.05) is 62.0 Å². The van der Waals surface area contributed by atoms with Crippen molar-refractivity contribution in [3.63, 3.8) is 0 Å². The zero-order valence-electron chi connectivity index (χ0n) is 16.3. The van der Waals surface area contributed by atoms with Gasteiger partial charge in [-0.2, -0.15) is 0 Å². The molecule has 0 unspecified atom stereocenters. The van der Waals surface area contributed by atoms with Crippen molar-refractivity contribution in [1.29, 1.82) is 0 Å². The molecule has 1 aromatic carbocycles. The van der Waals surface area contributed by atoms with E-state index in [-0.39, 0.29) is 17.7 Å². The first-order valence-corrected chi connectivity index (χ1v) is 10.0. The average molecular weight is 378 g/mol. The molecule has 2 heterocycles. The van der Waals surface area contributed by atoms with E-state index in [0.717, 1.165) is 30.5 Å². The Morgan fingerprint density at radius 1 is 1.11 bits per heavy atom. The number of likely N-dealkylation sites (tertiary alicyclic amines) is 1. The monoisotopic (exact) mass is 378 g/mol. The minimum absolute atomic E-state index is 0.0115. The molecule has 1 atom stereocenters. The standard InChI is InChI=1S/C22H26N4O2/c1-25(13-16-10-21(27)26(14-16)20-4-2-3-5-20)22(28)18-8-6-17(7-9-18)19-11-23-15-24-12-19/h6-9,11-12,15-16,20H,2-5,10,13-14H2,1H3/t16-/m1/s1. The summed E-state index contributed by atoms with van der Waals surface area (Å²) >= 11 is 0. The molecule has 6 heteroatoms. The average Bonchev–Trinajstić information content (AvgIpc) is 3.38. The van der Waals surface area contributed by atoms with Crippen LogP contribution < -0.4 is 0 Å². The minimum atomic E-state index is -0.0115. The van der Waals surface area contributed by atoms with Gasteiger partial charge in [0.25, 0.3) is 5.91 Å². The number of hydrogen-bond acceptors (Lipinski definition) is 4. The highest BCUT2D eigenvalue weighted by atomic mass is 16.2. The lowest BCUT2D eigenvalue weighted by molar-refractivity contribution is -0.129. The van der Waals surface area contributed by atoms with Crippen LogP contribution in [0.25, 0.3) is 11.1 Å². The second-order valence-electron chi connectivity index (χ2n) is 7.94. The number of carbonyl (C=O) groups is 2. The SMILES string of the molecule is CN(C[C@H]1CC(=O)N(C2CCCC2)C1)C(=O)c1ccc(-c2cncnc2)cc1. The van der Waals surface area contributed by atoms with Gasteiger partial charge in [0.1, 0.15) is 6.33 Å². The van der Waals surface area contributed by atoms with Crippen LogP contribution in [0.15, 0.2) is 43.0 Å². The lowest BCUT2D eigenvalue weighted by Crippen LogP contribution is -2.36. The fraction of sp³-hybridized carbons (Fsp3) is 0.455. The fourth-order valence-electron chi connectivity index (χ4n) is 4.44. The third kappa shape index (κ3) is 3.91. The van der Waals surface area contributed by atoms with Crippen molar-refractivity contribution in [3.05, 3.63) is 48.5 Å². The molecule has 4 rings (SSSR count). The molecule has 1 aromatic heterocycles. The number of nitrogens with zero attached hydrogens (tertiary/aromatic N) is 4. The van der Waals surface area contributed by atoms with E-state index in [1.165, 1.54) is 19.2 Å². The molecule has 0 bridgehead atoms. The van der Waals surface area contributed by atoms with Crippen LogP contribution in [-0.4, -0.2) is 57.8 Å². The number of amides is 2. The van der Waals surface area contributed by atoms with E-state index >= 15 is 0 Å². The summed E-state index contributed by atoms with van der Waals surface area (Å²) in [4.78, 5) is 37.0.